The molecule has 0 aliphatic heterocycles. The molecule has 0 bridgehead atoms. The monoisotopic (exact) mass is 536 g/mol. The molecule has 0 spiro atoms. The normalized spacial score (nSPS) is 11.6. The van der Waals surface area contributed by atoms with Crippen LogP contribution >= 0.6 is 0 Å². The van der Waals surface area contributed by atoms with Gasteiger partial charge in [-0.2, -0.15) is 10.2 Å². The molecule has 0 aliphatic carbocycles. The maximum Gasteiger partial charge on any atom is 0.227 e. The van der Waals surface area contributed by atoms with E-state index >= 15 is 0 Å². The molecule has 0 radical (unpaired) electrons. The lowest BCUT2D eigenvalue weighted by atomic mass is 10.1. The fourth-order valence-corrected chi connectivity index (χ4v) is 3.95. The summed E-state index contributed by atoms with van der Waals surface area (Å²) in [5.74, 6) is 1.01. The molecule has 0 amide bonds. The zero-order chi connectivity index (χ0) is 28.3. The van der Waals surface area contributed by atoms with E-state index in [4.69, 9.17) is 0 Å². The number of allylic oxidation sites excluding steroid dienone is 4. The first-order valence-electron chi connectivity index (χ1n) is 13.0. The fraction of sp³-hybridized carbons (Fsp3) is 0.0303. The molecule has 200 valence electrons. The van der Waals surface area contributed by atoms with E-state index in [1.54, 1.807) is 18.5 Å². The van der Waals surface area contributed by atoms with Gasteiger partial charge in [-0.1, -0.05) is 61.2 Å². The van der Waals surface area contributed by atoms with Crippen molar-refractivity contribution in [1.29, 1.82) is 0 Å². The van der Waals surface area contributed by atoms with Crippen molar-refractivity contribution in [3.8, 4) is 22.5 Å². The van der Waals surface area contributed by atoms with Gasteiger partial charge in [0.1, 0.15) is 0 Å². The molecule has 2 N–H and O–H groups in total. The van der Waals surface area contributed by atoms with E-state index in [9.17, 15) is 0 Å². The Balaban J connectivity index is 1.33. The predicted molar refractivity (Wildman–Crippen MR) is 166 cm³/mol. The molecule has 5 aromatic rings. The first-order valence-corrected chi connectivity index (χ1v) is 13.0. The van der Waals surface area contributed by atoms with Gasteiger partial charge in [0, 0.05) is 34.9 Å². The SMILES string of the molecule is C=C/C=C(\C=C/C)Nc1nccc(-c2cccc(/N=N\c3cccc(-c4ccnc(Nc5ccccc5)n4)c3)c2)n1. The second-order valence-corrected chi connectivity index (χ2v) is 8.81. The maximum atomic E-state index is 4.66. The molecular formula is C33H28N8. The molecule has 8 heteroatoms. The number of benzene rings is 3. The fourth-order valence-electron chi connectivity index (χ4n) is 3.95. The Labute approximate surface area is 239 Å². The third-order valence-electron chi connectivity index (χ3n) is 5.81. The van der Waals surface area contributed by atoms with Crippen LogP contribution in [0.1, 0.15) is 6.92 Å². The summed E-state index contributed by atoms with van der Waals surface area (Å²) in [7, 11) is 0. The van der Waals surface area contributed by atoms with Crippen LogP contribution in [0.5, 0.6) is 0 Å². The molecule has 0 atom stereocenters. The van der Waals surface area contributed by atoms with Crippen molar-refractivity contribution in [1.82, 2.24) is 19.9 Å². The smallest absolute Gasteiger partial charge is 0.227 e. The van der Waals surface area contributed by atoms with E-state index in [1.165, 1.54) is 0 Å². The molecule has 8 nitrogen and oxygen atoms in total. The van der Waals surface area contributed by atoms with Gasteiger partial charge in [0.2, 0.25) is 11.9 Å². The van der Waals surface area contributed by atoms with Crippen LogP contribution in [0.3, 0.4) is 0 Å². The first-order chi connectivity index (χ1) is 20.2. The summed E-state index contributed by atoms with van der Waals surface area (Å²) in [4.78, 5) is 18.0. The number of rotatable bonds is 10. The van der Waals surface area contributed by atoms with E-state index in [-0.39, 0.29) is 0 Å². The number of hydrogen-bond acceptors (Lipinski definition) is 8. The molecule has 41 heavy (non-hydrogen) atoms. The molecule has 0 fully saturated rings. The topological polar surface area (TPSA) is 100 Å². The molecule has 0 saturated heterocycles. The quantitative estimate of drug-likeness (QED) is 0.137. The summed E-state index contributed by atoms with van der Waals surface area (Å²) in [6.45, 7) is 5.70. The second kappa shape index (κ2) is 13.3. The summed E-state index contributed by atoms with van der Waals surface area (Å²) < 4.78 is 0. The molecule has 0 aliphatic rings. The number of nitrogens with one attached hydrogen (secondary N) is 2. The van der Waals surface area contributed by atoms with Crippen molar-refractivity contribution in [3.63, 3.8) is 0 Å². The van der Waals surface area contributed by atoms with Crippen molar-refractivity contribution in [2.75, 3.05) is 10.6 Å². The lowest BCUT2D eigenvalue weighted by molar-refractivity contribution is 1.15. The van der Waals surface area contributed by atoms with E-state index in [0.717, 1.165) is 33.9 Å². The van der Waals surface area contributed by atoms with E-state index in [0.29, 0.717) is 23.3 Å². The minimum absolute atomic E-state index is 0.490. The van der Waals surface area contributed by atoms with Gasteiger partial charge in [-0.25, -0.2) is 19.9 Å². The summed E-state index contributed by atoms with van der Waals surface area (Å²) in [6.07, 6.45) is 10.9. The van der Waals surface area contributed by atoms with E-state index in [1.807, 2.05) is 116 Å². The summed E-state index contributed by atoms with van der Waals surface area (Å²) in [5, 5.41) is 15.4. The minimum Gasteiger partial charge on any atom is -0.324 e. The number of anilines is 3. The molecular weight excluding hydrogens is 508 g/mol. The molecule has 0 saturated carbocycles. The van der Waals surface area contributed by atoms with Crippen LogP contribution in [0.4, 0.5) is 29.0 Å². The number of azo groups is 1. The van der Waals surface area contributed by atoms with Crippen LogP contribution < -0.4 is 10.6 Å². The molecule has 0 unspecified atom stereocenters. The zero-order valence-corrected chi connectivity index (χ0v) is 22.5. The van der Waals surface area contributed by atoms with Gasteiger partial charge < -0.3 is 10.6 Å². The Morgan fingerprint density at radius 3 is 1.95 bits per heavy atom. The number of para-hydroxylation sites is 1. The van der Waals surface area contributed by atoms with Crippen LogP contribution in [0.2, 0.25) is 0 Å². The highest BCUT2D eigenvalue weighted by molar-refractivity contribution is 5.66. The average Bonchev–Trinajstić information content (AvgIpc) is 3.01. The first kappa shape index (κ1) is 26.8. The lowest BCUT2D eigenvalue weighted by Gasteiger charge is -2.07. The van der Waals surface area contributed by atoms with Gasteiger partial charge in [0.05, 0.1) is 22.8 Å². The minimum atomic E-state index is 0.490. The van der Waals surface area contributed by atoms with Crippen molar-refractivity contribution >= 4 is 29.0 Å². The van der Waals surface area contributed by atoms with Crippen LogP contribution in [0.15, 0.2) is 150 Å². The standard InChI is InChI=1S/C33H28N8/c1-3-10-26(11-4-2)36-32-34-20-18-30(38-32)24-12-8-16-28(22-24)40-41-29-17-9-13-25(23-29)31-19-21-35-33(39-31)37-27-14-6-5-7-15-27/h3-23H,1H2,2H3,(H,34,36,38)(H,35,37,39)/b11-4-,26-10+,41-40-. The number of aromatic nitrogens is 4. The number of hydrogen-bond donors (Lipinski definition) is 2. The number of nitrogens with zero attached hydrogens (tertiary/aromatic N) is 6. The largest absolute Gasteiger partial charge is 0.324 e. The molecule has 3 aromatic carbocycles. The van der Waals surface area contributed by atoms with E-state index in [2.05, 4.69) is 47.4 Å². The third-order valence-corrected chi connectivity index (χ3v) is 5.81. The van der Waals surface area contributed by atoms with Crippen LogP contribution in [-0.2, 0) is 0 Å². The van der Waals surface area contributed by atoms with E-state index < -0.39 is 0 Å². The summed E-state index contributed by atoms with van der Waals surface area (Å²) in [6, 6.07) is 29.1. The van der Waals surface area contributed by atoms with Crippen molar-refractivity contribution in [3.05, 3.63) is 140 Å². The van der Waals surface area contributed by atoms with Gasteiger partial charge in [0.25, 0.3) is 0 Å². The van der Waals surface area contributed by atoms with Crippen LogP contribution in [0, 0.1) is 0 Å². The van der Waals surface area contributed by atoms with Crippen molar-refractivity contribution in [2.24, 2.45) is 10.2 Å². The Bertz CT molecular complexity index is 1720. The summed E-state index contributed by atoms with van der Waals surface area (Å²) in [5.41, 5.74) is 6.55. The predicted octanol–water partition coefficient (Wildman–Crippen LogP) is 8.82. The second-order valence-electron chi connectivity index (χ2n) is 8.81. The van der Waals surface area contributed by atoms with Gasteiger partial charge >= 0.3 is 0 Å². The highest BCUT2D eigenvalue weighted by atomic mass is 15.1. The van der Waals surface area contributed by atoms with Gasteiger partial charge in [-0.15, -0.1) is 0 Å². The zero-order valence-electron chi connectivity index (χ0n) is 22.5. The Morgan fingerprint density at radius 1 is 0.732 bits per heavy atom. The van der Waals surface area contributed by atoms with Gasteiger partial charge in [0.15, 0.2) is 0 Å². The Kier molecular flexibility index (Phi) is 8.73. The molecule has 2 aromatic heterocycles. The molecule has 2 heterocycles. The highest BCUT2D eigenvalue weighted by Crippen LogP contribution is 2.27. The highest BCUT2D eigenvalue weighted by Gasteiger charge is 2.06. The lowest BCUT2D eigenvalue weighted by Crippen LogP contribution is -2.02. The van der Waals surface area contributed by atoms with Crippen molar-refractivity contribution in [2.45, 2.75) is 6.92 Å². The third kappa shape index (κ3) is 7.42. The maximum absolute atomic E-state index is 4.66. The average molecular weight is 537 g/mol. The van der Waals surface area contributed by atoms with Gasteiger partial charge in [-0.05, 0) is 67.6 Å². The van der Waals surface area contributed by atoms with Gasteiger partial charge in [-0.3, -0.25) is 0 Å². The Hall–Kier alpha value is -5.76. The van der Waals surface area contributed by atoms with Crippen LogP contribution in [0.25, 0.3) is 22.5 Å². The van der Waals surface area contributed by atoms with Crippen LogP contribution in [-0.4, -0.2) is 19.9 Å². The summed E-state index contributed by atoms with van der Waals surface area (Å²) >= 11 is 0. The Morgan fingerprint density at radius 2 is 1.34 bits per heavy atom. The molecule has 5 rings (SSSR count). The van der Waals surface area contributed by atoms with Crippen molar-refractivity contribution < 1.29 is 0 Å².